The van der Waals surface area contributed by atoms with Gasteiger partial charge in [-0.25, -0.2) is 4.31 Å². The van der Waals surface area contributed by atoms with Gasteiger partial charge in [-0.15, -0.1) is 0 Å². The molecule has 0 radical (unpaired) electrons. The molecule has 0 saturated carbocycles. The molecule has 0 fully saturated rings. The summed E-state index contributed by atoms with van der Waals surface area (Å²) in [5.74, 6) is -0.404. The molecular weight excluding hydrogens is 276 g/mol. The maximum Gasteiger partial charge on any atom is 0.321 e. The maximum absolute atomic E-state index is 11.9. The predicted molar refractivity (Wildman–Crippen MR) is 83.4 cm³/mol. The third-order valence-corrected chi connectivity index (χ3v) is 3.14. The third kappa shape index (κ3) is 10.2. The normalized spacial score (nSPS) is 14.2. The van der Waals surface area contributed by atoms with Gasteiger partial charge in [0.25, 0.3) is 0 Å². The Morgan fingerprint density at radius 2 is 1.70 bits per heavy atom. The minimum absolute atomic E-state index is 0.0709. The zero-order valence-electron chi connectivity index (χ0n) is 13.6. The van der Waals surface area contributed by atoms with Gasteiger partial charge in [-0.3, -0.25) is 9.59 Å². The van der Waals surface area contributed by atoms with Gasteiger partial charge in [0, 0.05) is 11.3 Å². The van der Waals surface area contributed by atoms with E-state index in [0.29, 0.717) is 6.54 Å². The van der Waals surface area contributed by atoms with Crippen LogP contribution in [0.4, 0.5) is 0 Å². The standard InChI is InChI=1S/C14H28N2O3S/c1-10(17)11(15)8-16(20-14(5,6)7)9-12(18)19-13(2,3)4/h11H,8-9,15H2,1-7H3/t11-/m0/s1. The van der Waals surface area contributed by atoms with Gasteiger partial charge in [-0.05, 0) is 48.5 Å². The Hall–Kier alpha value is -0.590. The van der Waals surface area contributed by atoms with Gasteiger partial charge in [-0.1, -0.05) is 11.9 Å². The van der Waals surface area contributed by atoms with Crippen LogP contribution in [0.2, 0.25) is 0 Å². The summed E-state index contributed by atoms with van der Waals surface area (Å²) in [6.07, 6.45) is 0. The van der Waals surface area contributed by atoms with Gasteiger partial charge in [0.1, 0.15) is 17.9 Å². The van der Waals surface area contributed by atoms with Crippen LogP contribution in [0.25, 0.3) is 0 Å². The molecule has 2 N–H and O–H groups in total. The zero-order valence-corrected chi connectivity index (χ0v) is 14.5. The Balaban J connectivity index is 4.69. The molecule has 0 saturated heterocycles. The van der Waals surface area contributed by atoms with Gasteiger partial charge in [-0.2, -0.15) is 0 Å². The van der Waals surface area contributed by atoms with Crippen molar-refractivity contribution in [1.29, 1.82) is 0 Å². The summed E-state index contributed by atoms with van der Waals surface area (Å²) in [5, 5.41) is 0. The minimum Gasteiger partial charge on any atom is -0.459 e. The van der Waals surface area contributed by atoms with E-state index in [1.165, 1.54) is 18.9 Å². The molecule has 1 atom stereocenters. The Labute approximate surface area is 126 Å². The lowest BCUT2D eigenvalue weighted by Crippen LogP contribution is -2.43. The van der Waals surface area contributed by atoms with Crippen molar-refractivity contribution in [1.82, 2.24) is 4.31 Å². The van der Waals surface area contributed by atoms with Crippen molar-refractivity contribution >= 4 is 23.7 Å². The summed E-state index contributed by atoms with van der Waals surface area (Å²) in [4.78, 5) is 23.2. The molecule has 0 aromatic heterocycles. The first-order valence-corrected chi connectivity index (χ1v) is 7.49. The van der Waals surface area contributed by atoms with E-state index in [1.54, 1.807) is 4.31 Å². The summed E-state index contributed by atoms with van der Waals surface area (Å²) in [5.41, 5.74) is 5.27. The van der Waals surface area contributed by atoms with Crippen molar-refractivity contribution in [2.24, 2.45) is 5.73 Å². The van der Waals surface area contributed by atoms with Crippen molar-refractivity contribution in [3.05, 3.63) is 0 Å². The number of hydrogen-bond acceptors (Lipinski definition) is 6. The molecule has 6 heteroatoms. The van der Waals surface area contributed by atoms with Crippen LogP contribution < -0.4 is 5.73 Å². The van der Waals surface area contributed by atoms with Crippen LogP contribution in [-0.4, -0.2) is 45.5 Å². The first-order valence-electron chi connectivity index (χ1n) is 6.72. The summed E-state index contributed by atoms with van der Waals surface area (Å²) in [7, 11) is 0. The SMILES string of the molecule is CC(=O)[C@@H](N)CN(CC(=O)OC(C)(C)C)SC(C)(C)C. The molecule has 0 aliphatic rings. The van der Waals surface area contributed by atoms with E-state index in [2.05, 4.69) is 0 Å². The van der Waals surface area contributed by atoms with Crippen LogP contribution >= 0.6 is 11.9 Å². The minimum atomic E-state index is -0.590. The van der Waals surface area contributed by atoms with E-state index in [1.807, 2.05) is 41.5 Å². The fraction of sp³-hybridized carbons (Fsp3) is 0.857. The number of carbonyl (C=O) groups is 2. The summed E-state index contributed by atoms with van der Waals surface area (Å²) >= 11 is 1.50. The monoisotopic (exact) mass is 304 g/mol. The third-order valence-electron chi connectivity index (χ3n) is 2.05. The highest BCUT2D eigenvalue weighted by Crippen LogP contribution is 2.27. The average molecular weight is 304 g/mol. The smallest absolute Gasteiger partial charge is 0.321 e. The molecule has 0 rings (SSSR count). The number of esters is 1. The molecule has 118 valence electrons. The number of nitrogens with zero attached hydrogens (tertiary/aromatic N) is 1. The van der Waals surface area contributed by atoms with Crippen LogP contribution in [-0.2, 0) is 14.3 Å². The number of carbonyl (C=O) groups excluding carboxylic acids is 2. The molecule has 0 aliphatic heterocycles. The van der Waals surface area contributed by atoms with Crippen molar-refractivity contribution < 1.29 is 14.3 Å². The average Bonchev–Trinajstić information content (AvgIpc) is 2.10. The van der Waals surface area contributed by atoms with Gasteiger partial charge < -0.3 is 10.5 Å². The van der Waals surface area contributed by atoms with Gasteiger partial charge in [0.2, 0.25) is 0 Å². The van der Waals surface area contributed by atoms with E-state index in [-0.39, 0.29) is 23.0 Å². The molecule has 0 amide bonds. The molecular formula is C14H28N2O3S. The molecule has 0 spiro atoms. The zero-order chi connectivity index (χ0) is 16.1. The highest BCUT2D eigenvalue weighted by molar-refractivity contribution is 7.98. The number of hydrogen-bond donors (Lipinski definition) is 1. The number of nitrogens with two attached hydrogens (primary N) is 1. The number of ketones is 1. The summed E-state index contributed by atoms with van der Waals surface area (Å²) < 4.78 is 7.04. The van der Waals surface area contributed by atoms with Crippen molar-refractivity contribution in [3.8, 4) is 0 Å². The molecule has 0 bridgehead atoms. The second kappa shape index (κ2) is 7.43. The molecule has 20 heavy (non-hydrogen) atoms. The van der Waals surface area contributed by atoms with Crippen molar-refractivity contribution in [3.63, 3.8) is 0 Å². The van der Waals surface area contributed by atoms with Crippen LogP contribution in [0.3, 0.4) is 0 Å². The fourth-order valence-electron chi connectivity index (χ4n) is 1.39. The second-order valence-electron chi connectivity index (χ2n) is 6.83. The van der Waals surface area contributed by atoms with Gasteiger partial charge in [0.05, 0.1) is 6.04 Å². The number of rotatable bonds is 6. The van der Waals surface area contributed by atoms with E-state index in [0.717, 1.165) is 0 Å². The van der Waals surface area contributed by atoms with Crippen molar-refractivity contribution in [2.75, 3.05) is 13.1 Å². The second-order valence-corrected chi connectivity index (χ2v) is 8.75. The van der Waals surface area contributed by atoms with E-state index in [9.17, 15) is 9.59 Å². The van der Waals surface area contributed by atoms with Gasteiger partial charge in [0.15, 0.2) is 0 Å². The van der Waals surface area contributed by atoms with Crippen LogP contribution in [0.15, 0.2) is 0 Å². The first kappa shape index (κ1) is 19.4. The van der Waals surface area contributed by atoms with Gasteiger partial charge >= 0.3 is 5.97 Å². The van der Waals surface area contributed by atoms with E-state index < -0.39 is 11.6 Å². The molecule has 0 aromatic carbocycles. The Bertz CT molecular complexity index is 345. The highest BCUT2D eigenvalue weighted by atomic mass is 32.2. The number of ether oxygens (including phenoxy) is 1. The highest BCUT2D eigenvalue weighted by Gasteiger charge is 2.25. The lowest BCUT2D eigenvalue weighted by atomic mass is 10.2. The molecule has 0 heterocycles. The first-order chi connectivity index (χ1) is 8.80. The van der Waals surface area contributed by atoms with Crippen LogP contribution in [0.1, 0.15) is 48.5 Å². The summed E-state index contributed by atoms with van der Waals surface area (Å²) in [6.45, 7) is 13.5. The molecule has 0 unspecified atom stereocenters. The maximum atomic E-state index is 11.9. The quantitative estimate of drug-likeness (QED) is 0.597. The van der Waals surface area contributed by atoms with Crippen LogP contribution in [0, 0.1) is 0 Å². The van der Waals surface area contributed by atoms with Crippen molar-refractivity contribution in [2.45, 2.75) is 64.9 Å². The Morgan fingerprint density at radius 3 is 2.05 bits per heavy atom. The lowest BCUT2D eigenvalue weighted by molar-refractivity contribution is -0.155. The fourth-order valence-corrected chi connectivity index (χ4v) is 2.57. The molecule has 0 aliphatic carbocycles. The number of Topliss-reactive ketones (excluding diaryl/α,β-unsaturated/α-hetero) is 1. The topological polar surface area (TPSA) is 72.6 Å². The largest absolute Gasteiger partial charge is 0.459 e. The Kier molecular flexibility index (Phi) is 7.21. The van der Waals surface area contributed by atoms with E-state index >= 15 is 0 Å². The van der Waals surface area contributed by atoms with Crippen LogP contribution in [0.5, 0.6) is 0 Å². The lowest BCUT2D eigenvalue weighted by Gasteiger charge is -2.30. The molecule has 5 nitrogen and oxygen atoms in total. The predicted octanol–water partition coefficient (Wildman–Crippen LogP) is 1.99. The molecule has 0 aromatic rings. The Morgan fingerprint density at radius 1 is 1.20 bits per heavy atom. The summed E-state index contributed by atoms with van der Waals surface area (Å²) in [6, 6.07) is -0.590. The van der Waals surface area contributed by atoms with E-state index in [4.69, 9.17) is 10.5 Å².